The van der Waals surface area contributed by atoms with Crippen LogP contribution in [0.25, 0.3) is 0 Å². The molecule has 0 saturated carbocycles. The molecule has 14 heavy (non-hydrogen) atoms. The van der Waals surface area contributed by atoms with Crippen molar-refractivity contribution in [2.75, 3.05) is 5.73 Å². The van der Waals surface area contributed by atoms with Gasteiger partial charge in [-0.2, -0.15) is 0 Å². The van der Waals surface area contributed by atoms with Gasteiger partial charge in [0.25, 0.3) is 0 Å². The molecule has 0 aromatic carbocycles. The van der Waals surface area contributed by atoms with E-state index >= 15 is 0 Å². The molecular weight excluding hydrogens is 202 g/mol. The number of anilines is 1. The second-order valence-corrected chi connectivity index (χ2v) is 3.63. The minimum atomic E-state index is -0.194. The number of rotatable bonds is 3. The first-order valence-electron chi connectivity index (χ1n) is 4.20. The highest BCUT2D eigenvalue weighted by Crippen LogP contribution is 2.16. The molecule has 1 aromatic rings. The van der Waals surface area contributed by atoms with Crippen LogP contribution in [-0.4, -0.2) is 16.8 Å². The molecule has 0 radical (unpaired) electrons. The van der Waals surface area contributed by atoms with Crippen molar-refractivity contribution in [1.29, 1.82) is 0 Å². The molecule has 1 aromatic heterocycles. The quantitative estimate of drug-likeness (QED) is 0.741. The lowest BCUT2D eigenvalue weighted by Crippen LogP contribution is -2.20. The van der Waals surface area contributed by atoms with E-state index < -0.39 is 0 Å². The summed E-state index contributed by atoms with van der Waals surface area (Å²) in [6, 6.07) is 1.31. The first-order chi connectivity index (χ1) is 6.50. The Morgan fingerprint density at radius 1 is 1.71 bits per heavy atom. The van der Waals surface area contributed by atoms with Gasteiger partial charge in [0.2, 0.25) is 0 Å². The van der Waals surface area contributed by atoms with Crippen molar-refractivity contribution in [2.45, 2.75) is 19.4 Å². The summed E-state index contributed by atoms with van der Waals surface area (Å²) in [6.07, 6.45) is 1.64. The van der Waals surface area contributed by atoms with Crippen LogP contribution in [0.1, 0.15) is 23.7 Å². The smallest absolute Gasteiger partial charge is 0.168 e. The summed E-state index contributed by atoms with van der Waals surface area (Å²) in [5.41, 5.74) is 11.4. The van der Waals surface area contributed by atoms with Crippen molar-refractivity contribution in [3.05, 3.63) is 22.8 Å². The normalized spacial score (nSPS) is 12.5. The van der Waals surface area contributed by atoms with E-state index in [-0.39, 0.29) is 24.1 Å². The molecule has 0 aliphatic heterocycles. The molecule has 76 valence electrons. The number of carbonyl (C=O) groups excluding carboxylic acids is 1. The highest BCUT2D eigenvalue weighted by Gasteiger charge is 2.12. The molecule has 5 heteroatoms. The van der Waals surface area contributed by atoms with E-state index in [1.54, 1.807) is 6.92 Å². The van der Waals surface area contributed by atoms with Gasteiger partial charge in [0, 0.05) is 18.7 Å². The fourth-order valence-corrected chi connectivity index (χ4v) is 1.23. The van der Waals surface area contributed by atoms with Crippen molar-refractivity contribution in [3.8, 4) is 0 Å². The average molecular weight is 214 g/mol. The van der Waals surface area contributed by atoms with Crippen LogP contribution < -0.4 is 11.5 Å². The Morgan fingerprint density at radius 2 is 2.36 bits per heavy atom. The Kier molecular flexibility index (Phi) is 3.43. The van der Waals surface area contributed by atoms with Crippen LogP contribution in [0.4, 0.5) is 5.82 Å². The zero-order valence-electron chi connectivity index (χ0n) is 7.83. The molecule has 1 atom stereocenters. The van der Waals surface area contributed by atoms with Crippen LogP contribution in [0.2, 0.25) is 5.02 Å². The Hall–Kier alpha value is -1.13. The fraction of sp³-hybridized carbons (Fsp3) is 0.333. The van der Waals surface area contributed by atoms with Gasteiger partial charge < -0.3 is 11.5 Å². The third-order valence-electron chi connectivity index (χ3n) is 1.69. The molecule has 4 nitrogen and oxygen atoms in total. The van der Waals surface area contributed by atoms with E-state index in [0.717, 1.165) is 0 Å². The first-order valence-corrected chi connectivity index (χ1v) is 4.58. The van der Waals surface area contributed by atoms with Gasteiger partial charge in [0.15, 0.2) is 5.78 Å². The Balaban J connectivity index is 2.94. The molecular formula is C9H12ClN3O. The topological polar surface area (TPSA) is 82.0 Å². The molecule has 0 amide bonds. The maximum Gasteiger partial charge on any atom is 0.168 e. The largest absolute Gasteiger partial charge is 0.383 e. The van der Waals surface area contributed by atoms with Gasteiger partial charge in [-0.3, -0.25) is 4.79 Å². The van der Waals surface area contributed by atoms with Crippen LogP contribution in [0, 0.1) is 0 Å². The van der Waals surface area contributed by atoms with Gasteiger partial charge in [0.05, 0.1) is 10.6 Å². The van der Waals surface area contributed by atoms with Crippen molar-refractivity contribution >= 4 is 23.2 Å². The van der Waals surface area contributed by atoms with Crippen LogP contribution in [0.5, 0.6) is 0 Å². The summed E-state index contributed by atoms with van der Waals surface area (Å²) in [5.74, 6) is 0.0625. The van der Waals surface area contributed by atoms with Gasteiger partial charge in [-0.05, 0) is 13.0 Å². The van der Waals surface area contributed by atoms with E-state index in [4.69, 9.17) is 23.1 Å². The number of hydrogen-bond donors (Lipinski definition) is 2. The predicted octanol–water partition coefficient (Wildman–Crippen LogP) is 1.24. The third-order valence-corrected chi connectivity index (χ3v) is 1.90. The van der Waals surface area contributed by atoms with Gasteiger partial charge in [-0.15, -0.1) is 0 Å². The molecule has 0 saturated heterocycles. The van der Waals surface area contributed by atoms with Crippen LogP contribution in [0.15, 0.2) is 12.3 Å². The van der Waals surface area contributed by atoms with Gasteiger partial charge in [0.1, 0.15) is 5.82 Å². The van der Waals surface area contributed by atoms with E-state index in [2.05, 4.69) is 4.98 Å². The fourth-order valence-electron chi connectivity index (χ4n) is 1.08. The first kappa shape index (κ1) is 10.9. The van der Waals surface area contributed by atoms with Crippen LogP contribution >= 0.6 is 11.6 Å². The number of nitrogens with zero attached hydrogens (tertiary/aromatic N) is 1. The lowest BCUT2D eigenvalue weighted by Gasteiger charge is -2.06. The molecule has 4 N–H and O–H groups in total. The summed E-state index contributed by atoms with van der Waals surface area (Å²) in [6.45, 7) is 1.76. The summed E-state index contributed by atoms with van der Waals surface area (Å²) in [4.78, 5) is 15.4. The zero-order chi connectivity index (χ0) is 10.7. The molecule has 0 aliphatic carbocycles. The summed E-state index contributed by atoms with van der Waals surface area (Å²) >= 11 is 5.70. The van der Waals surface area contributed by atoms with Crippen molar-refractivity contribution in [1.82, 2.24) is 4.98 Å². The van der Waals surface area contributed by atoms with Gasteiger partial charge >= 0.3 is 0 Å². The third kappa shape index (κ3) is 2.68. The Bertz CT molecular complexity index is 352. The van der Waals surface area contributed by atoms with E-state index in [1.165, 1.54) is 12.3 Å². The minimum Gasteiger partial charge on any atom is -0.383 e. The monoisotopic (exact) mass is 213 g/mol. The second kappa shape index (κ2) is 4.39. The molecule has 0 spiro atoms. The number of carbonyl (C=O) groups is 1. The van der Waals surface area contributed by atoms with E-state index in [9.17, 15) is 4.79 Å². The Morgan fingerprint density at radius 3 is 2.93 bits per heavy atom. The van der Waals surface area contributed by atoms with Gasteiger partial charge in [-0.1, -0.05) is 11.6 Å². The maximum atomic E-state index is 11.6. The highest BCUT2D eigenvalue weighted by atomic mass is 35.5. The predicted molar refractivity (Wildman–Crippen MR) is 56.3 cm³/mol. The van der Waals surface area contributed by atoms with E-state index in [0.29, 0.717) is 10.6 Å². The van der Waals surface area contributed by atoms with Crippen molar-refractivity contribution < 1.29 is 4.79 Å². The van der Waals surface area contributed by atoms with Crippen molar-refractivity contribution in [2.24, 2.45) is 5.73 Å². The van der Waals surface area contributed by atoms with Crippen molar-refractivity contribution in [3.63, 3.8) is 0 Å². The number of halogens is 1. The SMILES string of the molecule is CC(N)CC(=O)c1cc(Cl)cnc1N. The lowest BCUT2D eigenvalue weighted by molar-refractivity contribution is 0.0977. The number of aromatic nitrogens is 1. The summed E-state index contributed by atoms with van der Waals surface area (Å²) in [7, 11) is 0. The van der Waals surface area contributed by atoms with E-state index in [1.807, 2.05) is 0 Å². The number of hydrogen-bond acceptors (Lipinski definition) is 4. The highest BCUT2D eigenvalue weighted by molar-refractivity contribution is 6.31. The number of nitrogens with two attached hydrogens (primary N) is 2. The zero-order valence-corrected chi connectivity index (χ0v) is 8.58. The molecule has 0 fully saturated rings. The second-order valence-electron chi connectivity index (χ2n) is 3.19. The molecule has 0 aliphatic rings. The number of ketones is 1. The van der Waals surface area contributed by atoms with Gasteiger partial charge in [-0.25, -0.2) is 4.98 Å². The minimum absolute atomic E-state index is 0.132. The van der Waals surface area contributed by atoms with Crippen LogP contribution in [0.3, 0.4) is 0 Å². The van der Waals surface area contributed by atoms with Crippen LogP contribution in [-0.2, 0) is 0 Å². The molecule has 1 rings (SSSR count). The summed E-state index contributed by atoms with van der Waals surface area (Å²) < 4.78 is 0. The summed E-state index contributed by atoms with van der Waals surface area (Å²) in [5, 5.41) is 0.396. The number of pyridine rings is 1. The molecule has 1 heterocycles. The maximum absolute atomic E-state index is 11.6. The number of Topliss-reactive ketones (excluding diaryl/α,β-unsaturated/α-hetero) is 1. The number of nitrogen functional groups attached to an aromatic ring is 1. The standard InChI is InChI=1S/C9H12ClN3O/c1-5(11)2-8(14)7-3-6(10)4-13-9(7)12/h3-5H,2,11H2,1H3,(H2,12,13). The lowest BCUT2D eigenvalue weighted by atomic mass is 10.1. The Labute approximate surface area is 87.3 Å². The molecule has 1 unspecified atom stereocenters. The molecule has 0 bridgehead atoms. The average Bonchev–Trinajstić information content (AvgIpc) is 2.08.